The van der Waals surface area contributed by atoms with E-state index in [1.807, 2.05) is 23.1 Å². The van der Waals surface area contributed by atoms with E-state index in [2.05, 4.69) is 60.6 Å². The predicted molar refractivity (Wildman–Crippen MR) is 117 cm³/mol. The third-order valence-electron chi connectivity index (χ3n) is 4.83. The number of hydrogen-bond acceptors (Lipinski definition) is 6. The Bertz CT molecular complexity index is 1020. The van der Waals surface area contributed by atoms with E-state index in [9.17, 15) is 4.79 Å². The Labute approximate surface area is 173 Å². The summed E-state index contributed by atoms with van der Waals surface area (Å²) in [6.45, 7) is 6.24. The maximum atomic E-state index is 12.8. The highest BCUT2D eigenvalue weighted by Gasteiger charge is 2.30. The average Bonchev–Trinajstić information content (AvgIpc) is 3.25. The molecule has 1 aliphatic rings. The van der Waals surface area contributed by atoms with Crippen molar-refractivity contribution in [3.05, 3.63) is 59.2 Å². The van der Waals surface area contributed by atoms with Crippen LogP contribution in [0.5, 0.6) is 0 Å². The lowest BCUT2D eigenvalue weighted by molar-refractivity contribution is -0.116. The van der Waals surface area contributed by atoms with E-state index in [4.69, 9.17) is 0 Å². The largest absolute Gasteiger partial charge is 0.330 e. The zero-order valence-corrected chi connectivity index (χ0v) is 17.7. The number of aromatic nitrogens is 2. The fourth-order valence-corrected chi connectivity index (χ4v) is 5.15. The first-order chi connectivity index (χ1) is 13.5. The molecule has 1 aromatic heterocycles. The third-order valence-corrected chi connectivity index (χ3v) is 6.78. The number of nitrogens with zero attached hydrogens (tertiary/aromatic N) is 3. The molecule has 5 nitrogen and oxygen atoms in total. The van der Waals surface area contributed by atoms with Gasteiger partial charge in [-0.2, -0.15) is 0 Å². The van der Waals surface area contributed by atoms with Crippen molar-refractivity contribution in [2.75, 3.05) is 16.0 Å². The van der Waals surface area contributed by atoms with Gasteiger partial charge in [0.15, 0.2) is 4.34 Å². The molecule has 0 fully saturated rings. The van der Waals surface area contributed by atoms with Gasteiger partial charge in [-0.05, 0) is 50.5 Å². The summed E-state index contributed by atoms with van der Waals surface area (Å²) in [6, 6.07) is 14.6. The zero-order valence-electron chi connectivity index (χ0n) is 16.1. The van der Waals surface area contributed by atoms with Gasteiger partial charge in [-0.3, -0.25) is 4.79 Å². The minimum absolute atomic E-state index is 0.113. The summed E-state index contributed by atoms with van der Waals surface area (Å²) < 4.78 is 0.792. The number of amides is 1. The summed E-state index contributed by atoms with van der Waals surface area (Å²) in [7, 11) is 0. The Hall–Kier alpha value is -2.38. The van der Waals surface area contributed by atoms with Crippen LogP contribution in [0.15, 0.2) is 46.8 Å². The second kappa shape index (κ2) is 7.93. The van der Waals surface area contributed by atoms with Gasteiger partial charge in [0.2, 0.25) is 11.0 Å². The van der Waals surface area contributed by atoms with Crippen LogP contribution in [0.1, 0.15) is 23.6 Å². The average molecular weight is 411 g/mol. The lowest BCUT2D eigenvalue weighted by atomic mass is 10.1. The number of thioether (sulfide) groups is 1. The SMILES string of the molecule is Cc1ccc(Nc2nnc(SCC(=O)N3c4ccccc4C[C@@H]3C)s2)c(C)c1. The van der Waals surface area contributed by atoms with Crippen LogP contribution in [0, 0.1) is 13.8 Å². The molecule has 4 rings (SSSR count). The number of carbonyl (C=O) groups excluding carboxylic acids is 1. The first-order valence-electron chi connectivity index (χ1n) is 9.22. The first kappa shape index (κ1) is 19.0. The summed E-state index contributed by atoms with van der Waals surface area (Å²) in [5.74, 6) is 0.471. The van der Waals surface area contributed by atoms with Gasteiger partial charge in [-0.15, -0.1) is 10.2 Å². The van der Waals surface area contributed by atoms with Crippen LogP contribution in [0.2, 0.25) is 0 Å². The van der Waals surface area contributed by atoms with Crippen LogP contribution in [-0.2, 0) is 11.2 Å². The van der Waals surface area contributed by atoms with Crippen molar-refractivity contribution in [2.45, 2.75) is 37.6 Å². The molecule has 1 atom stereocenters. The maximum Gasteiger partial charge on any atom is 0.237 e. The normalized spacial score (nSPS) is 15.5. The van der Waals surface area contributed by atoms with E-state index in [1.54, 1.807) is 0 Å². The molecule has 0 aliphatic carbocycles. The predicted octanol–water partition coefficient (Wildman–Crippen LogP) is 4.97. The van der Waals surface area contributed by atoms with Gasteiger partial charge >= 0.3 is 0 Å². The highest BCUT2D eigenvalue weighted by molar-refractivity contribution is 8.01. The molecule has 2 heterocycles. The Kier molecular flexibility index (Phi) is 5.37. The van der Waals surface area contributed by atoms with E-state index in [1.165, 1.54) is 39.8 Å². The molecular formula is C21H22N4OS2. The molecule has 0 saturated heterocycles. The summed E-state index contributed by atoms with van der Waals surface area (Å²) in [5, 5.41) is 12.5. The molecule has 0 unspecified atom stereocenters. The molecule has 144 valence electrons. The Balaban J connectivity index is 1.39. The number of benzene rings is 2. The van der Waals surface area contributed by atoms with Crippen molar-refractivity contribution >= 4 is 45.5 Å². The van der Waals surface area contributed by atoms with E-state index < -0.39 is 0 Å². The quantitative estimate of drug-likeness (QED) is 0.602. The highest BCUT2D eigenvalue weighted by Crippen LogP contribution is 2.34. The lowest BCUT2D eigenvalue weighted by Gasteiger charge is -2.22. The van der Waals surface area contributed by atoms with Gasteiger partial charge in [0.25, 0.3) is 0 Å². The minimum atomic E-state index is 0.113. The van der Waals surface area contributed by atoms with Crippen LogP contribution >= 0.6 is 23.1 Å². The Morgan fingerprint density at radius 3 is 2.89 bits per heavy atom. The van der Waals surface area contributed by atoms with Gasteiger partial charge in [0, 0.05) is 17.4 Å². The van der Waals surface area contributed by atoms with Gasteiger partial charge in [-0.1, -0.05) is 59.0 Å². The molecule has 1 amide bonds. The molecule has 0 radical (unpaired) electrons. The molecule has 1 N–H and O–H groups in total. The van der Waals surface area contributed by atoms with E-state index in [0.717, 1.165) is 27.3 Å². The van der Waals surface area contributed by atoms with Gasteiger partial charge < -0.3 is 10.2 Å². The van der Waals surface area contributed by atoms with Crippen molar-refractivity contribution < 1.29 is 4.79 Å². The fraction of sp³-hybridized carbons (Fsp3) is 0.286. The number of anilines is 3. The van der Waals surface area contributed by atoms with Gasteiger partial charge in [-0.25, -0.2) is 0 Å². The van der Waals surface area contributed by atoms with E-state index in [0.29, 0.717) is 5.75 Å². The second-order valence-electron chi connectivity index (χ2n) is 7.05. The summed E-state index contributed by atoms with van der Waals surface area (Å²) in [6.07, 6.45) is 0.912. The number of carbonyl (C=O) groups is 1. The van der Waals surface area contributed by atoms with E-state index >= 15 is 0 Å². The molecular weight excluding hydrogens is 388 g/mol. The van der Waals surface area contributed by atoms with Gasteiger partial charge in [0.1, 0.15) is 0 Å². The Morgan fingerprint density at radius 2 is 2.07 bits per heavy atom. The summed E-state index contributed by atoms with van der Waals surface area (Å²) in [5.41, 5.74) is 5.70. The van der Waals surface area contributed by atoms with Crippen LogP contribution in [0.4, 0.5) is 16.5 Å². The summed E-state index contributed by atoms with van der Waals surface area (Å²) >= 11 is 2.91. The number of nitrogens with one attached hydrogen (secondary N) is 1. The standard InChI is InChI=1S/C21H22N4OS2/c1-13-8-9-17(14(2)10-13)22-20-23-24-21(28-20)27-12-19(26)25-15(3)11-16-6-4-5-7-18(16)25/h4-10,15H,11-12H2,1-3H3,(H,22,23)/t15-/m0/s1. The van der Waals surface area contributed by atoms with Crippen LogP contribution in [-0.4, -0.2) is 27.9 Å². The zero-order chi connectivity index (χ0) is 19.7. The molecule has 28 heavy (non-hydrogen) atoms. The number of rotatable bonds is 5. The topological polar surface area (TPSA) is 58.1 Å². The molecule has 0 bridgehead atoms. The number of hydrogen-bond donors (Lipinski definition) is 1. The monoisotopic (exact) mass is 410 g/mol. The maximum absolute atomic E-state index is 12.8. The third kappa shape index (κ3) is 3.91. The molecule has 7 heteroatoms. The van der Waals surface area contributed by atoms with Crippen molar-refractivity contribution in [1.29, 1.82) is 0 Å². The second-order valence-corrected chi connectivity index (χ2v) is 9.25. The molecule has 1 aliphatic heterocycles. The van der Waals surface area contributed by atoms with Crippen molar-refractivity contribution in [1.82, 2.24) is 10.2 Å². The first-order valence-corrected chi connectivity index (χ1v) is 11.0. The van der Waals surface area contributed by atoms with Crippen molar-refractivity contribution in [2.24, 2.45) is 0 Å². The molecule has 0 spiro atoms. The van der Waals surface area contributed by atoms with E-state index in [-0.39, 0.29) is 11.9 Å². The Morgan fingerprint density at radius 1 is 1.25 bits per heavy atom. The number of para-hydroxylation sites is 1. The van der Waals surface area contributed by atoms with Crippen molar-refractivity contribution in [3.63, 3.8) is 0 Å². The number of fused-ring (bicyclic) bond motifs is 1. The van der Waals surface area contributed by atoms with Crippen LogP contribution in [0.25, 0.3) is 0 Å². The van der Waals surface area contributed by atoms with Crippen molar-refractivity contribution in [3.8, 4) is 0 Å². The number of aryl methyl sites for hydroxylation is 2. The highest BCUT2D eigenvalue weighted by atomic mass is 32.2. The lowest BCUT2D eigenvalue weighted by Crippen LogP contribution is -2.36. The smallest absolute Gasteiger partial charge is 0.237 e. The minimum Gasteiger partial charge on any atom is -0.330 e. The molecule has 0 saturated carbocycles. The molecule has 2 aromatic carbocycles. The molecule has 3 aromatic rings. The fourth-order valence-electron chi connectivity index (χ4n) is 3.53. The summed E-state index contributed by atoms with van der Waals surface area (Å²) in [4.78, 5) is 14.7. The van der Waals surface area contributed by atoms with Crippen LogP contribution in [0.3, 0.4) is 0 Å². The van der Waals surface area contributed by atoms with Crippen LogP contribution < -0.4 is 10.2 Å². The van der Waals surface area contributed by atoms with Gasteiger partial charge in [0.05, 0.1) is 5.75 Å².